The number of carbonyl (C=O) groups is 2. The van der Waals surface area contributed by atoms with Gasteiger partial charge in [-0.05, 0) is 63.2 Å². The summed E-state index contributed by atoms with van der Waals surface area (Å²) in [6.07, 6.45) is 4.80. The number of nitrogens with one attached hydrogen (secondary N) is 2. The van der Waals surface area contributed by atoms with Crippen LogP contribution in [0.15, 0.2) is 54.7 Å². The lowest BCUT2D eigenvalue weighted by atomic mass is 10.0. The van der Waals surface area contributed by atoms with Crippen molar-refractivity contribution in [3.63, 3.8) is 0 Å². The van der Waals surface area contributed by atoms with Crippen molar-refractivity contribution in [1.29, 1.82) is 0 Å². The molecule has 3 aromatic rings. The van der Waals surface area contributed by atoms with Gasteiger partial charge in [-0.25, -0.2) is 4.98 Å². The van der Waals surface area contributed by atoms with Crippen LogP contribution in [-0.4, -0.2) is 80.1 Å². The number of hydrogen-bond donors (Lipinski definition) is 2. The Morgan fingerprint density at radius 1 is 1.07 bits per heavy atom. The van der Waals surface area contributed by atoms with Gasteiger partial charge in [-0.15, -0.1) is 0 Å². The molecule has 10 heteroatoms. The van der Waals surface area contributed by atoms with E-state index in [1.807, 2.05) is 18.2 Å². The second-order valence-corrected chi connectivity index (χ2v) is 10.4. The van der Waals surface area contributed by atoms with Crippen molar-refractivity contribution >= 4 is 35.0 Å². The first kappa shape index (κ1) is 27.4. The minimum Gasteiger partial charge on any atom is -0.495 e. The number of anilines is 4. The fourth-order valence-electron chi connectivity index (χ4n) is 5.14. The highest BCUT2D eigenvalue weighted by Crippen LogP contribution is 2.33. The van der Waals surface area contributed by atoms with Gasteiger partial charge in [0.15, 0.2) is 5.82 Å². The van der Waals surface area contributed by atoms with Gasteiger partial charge in [-0.2, -0.15) is 4.98 Å². The minimum atomic E-state index is -0.109. The van der Waals surface area contributed by atoms with Gasteiger partial charge in [-0.1, -0.05) is 30.3 Å². The van der Waals surface area contributed by atoms with E-state index < -0.39 is 0 Å². The first-order chi connectivity index (χ1) is 19.4. The normalized spacial score (nSPS) is 16.3. The van der Waals surface area contributed by atoms with Crippen LogP contribution in [0.2, 0.25) is 0 Å². The van der Waals surface area contributed by atoms with E-state index in [-0.39, 0.29) is 17.9 Å². The summed E-state index contributed by atoms with van der Waals surface area (Å²) in [7, 11) is 5.43. The van der Waals surface area contributed by atoms with Crippen molar-refractivity contribution in [2.45, 2.75) is 31.7 Å². The van der Waals surface area contributed by atoms with Gasteiger partial charge in [0, 0.05) is 38.2 Å². The first-order valence-corrected chi connectivity index (χ1v) is 13.8. The fourth-order valence-corrected chi connectivity index (χ4v) is 5.14. The lowest BCUT2D eigenvalue weighted by Crippen LogP contribution is -2.43. The lowest BCUT2D eigenvalue weighted by molar-refractivity contribution is -0.118. The van der Waals surface area contributed by atoms with Crippen molar-refractivity contribution in [1.82, 2.24) is 20.2 Å². The molecular formula is C30H37N7O3. The summed E-state index contributed by atoms with van der Waals surface area (Å²) in [5.41, 5.74) is 3.09. The molecule has 1 aromatic heterocycles. The van der Waals surface area contributed by atoms with Gasteiger partial charge < -0.3 is 30.1 Å². The third-order valence-corrected chi connectivity index (χ3v) is 7.66. The van der Waals surface area contributed by atoms with Crippen LogP contribution < -0.4 is 25.2 Å². The first-order valence-electron chi connectivity index (χ1n) is 13.8. The molecule has 0 radical (unpaired) electrons. The number of amides is 2. The number of nitrogens with zero attached hydrogens (tertiary/aromatic N) is 5. The second-order valence-electron chi connectivity index (χ2n) is 10.4. The molecular weight excluding hydrogens is 506 g/mol. The molecule has 3 heterocycles. The fraction of sp³-hybridized carbons (Fsp3) is 0.400. The number of hydrogen-bond acceptors (Lipinski definition) is 8. The SMILES string of the molecule is COc1cc(C(=O)NC2CCN(C)CC2)ccc1Nc1ncc2c(n1)N(CCc1ccccc1)CCC(=O)N2C. The maximum Gasteiger partial charge on any atom is 0.251 e. The summed E-state index contributed by atoms with van der Waals surface area (Å²) in [5.74, 6) is 1.52. The maximum absolute atomic E-state index is 12.9. The minimum absolute atomic E-state index is 0.0311. The standard InChI is InChI=1S/C30H37N7O3/c1-35-15-12-23(13-16-35)32-29(39)22-9-10-24(26(19-22)40-3)33-30-31-20-25-28(34-30)37(18-14-27(38)36(25)2)17-11-21-7-5-4-6-8-21/h4-10,19-20,23H,11-18H2,1-3H3,(H,32,39)(H,31,33,34). The van der Waals surface area contributed by atoms with Crippen LogP contribution in [0.25, 0.3) is 0 Å². The van der Waals surface area contributed by atoms with E-state index >= 15 is 0 Å². The van der Waals surface area contributed by atoms with E-state index in [9.17, 15) is 9.59 Å². The molecule has 0 saturated carbocycles. The van der Waals surface area contributed by atoms with Crippen LogP contribution in [0.4, 0.5) is 23.1 Å². The Balaban J connectivity index is 1.34. The van der Waals surface area contributed by atoms with Crippen molar-refractivity contribution in [2.24, 2.45) is 0 Å². The lowest BCUT2D eigenvalue weighted by Gasteiger charge is -2.29. The van der Waals surface area contributed by atoms with Crippen LogP contribution in [-0.2, 0) is 11.2 Å². The quantitative estimate of drug-likeness (QED) is 0.445. The van der Waals surface area contributed by atoms with Crippen LogP contribution in [0, 0.1) is 0 Å². The second kappa shape index (κ2) is 12.3. The van der Waals surface area contributed by atoms with Crippen LogP contribution in [0.5, 0.6) is 5.75 Å². The van der Waals surface area contributed by atoms with E-state index in [4.69, 9.17) is 9.72 Å². The van der Waals surface area contributed by atoms with E-state index in [2.05, 4.69) is 44.6 Å². The van der Waals surface area contributed by atoms with Crippen molar-refractivity contribution < 1.29 is 14.3 Å². The predicted octanol–water partition coefficient (Wildman–Crippen LogP) is 3.47. The number of fused-ring (bicyclic) bond motifs is 1. The number of carbonyl (C=O) groups excluding carboxylic acids is 2. The third kappa shape index (κ3) is 6.34. The maximum atomic E-state index is 12.9. The Morgan fingerprint density at radius 3 is 2.60 bits per heavy atom. The van der Waals surface area contributed by atoms with Gasteiger partial charge >= 0.3 is 0 Å². The molecule has 10 nitrogen and oxygen atoms in total. The molecule has 2 aliphatic rings. The number of rotatable bonds is 8. The zero-order valence-corrected chi connectivity index (χ0v) is 23.4. The molecule has 0 atom stereocenters. The summed E-state index contributed by atoms with van der Waals surface area (Å²) in [5, 5.41) is 6.40. The largest absolute Gasteiger partial charge is 0.495 e. The van der Waals surface area contributed by atoms with E-state index in [0.717, 1.165) is 38.9 Å². The summed E-state index contributed by atoms with van der Waals surface area (Å²) in [4.78, 5) is 41.0. The zero-order chi connectivity index (χ0) is 28.1. The zero-order valence-electron chi connectivity index (χ0n) is 23.4. The van der Waals surface area contributed by atoms with Gasteiger partial charge in [0.05, 0.1) is 19.0 Å². The molecule has 1 fully saturated rings. The molecule has 5 rings (SSSR count). The molecule has 0 unspecified atom stereocenters. The monoisotopic (exact) mass is 543 g/mol. The average Bonchev–Trinajstić information content (AvgIpc) is 3.09. The van der Waals surface area contributed by atoms with Gasteiger partial charge in [0.1, 0.15) is 11.4 Å². The highest BCUT2D eigenvalue weighted by molar-refractivity contribution is 5.97. The van der Waals surface area contributed by atoms with E-state index in [1.54, 1.807) is 43.5 Å². The molecule has 0 aliphatic carbocycles. The molecule has 210 valence electrons. The van der Waals surface area contributed by atoms with Crippen LogP contribution in [0.1, 0.15) is 35.2 Å². The molecule has 2 amide bonds. The molecule has 0 spiro atoms. The molecule has 2 N–H and O–H groups in total. The van der Waals surface area contributed by atoms with Crippen molar-refractivity contribution in [3.8, 4) is 5.75 Å². The summed E-state index contributed by atoms with van der Waals surface area (Å²) in [6, 6.07) is 15.8. The molecule has 2 aromatic carbocycles. The van der Waals surface area contributed by atoms with Crippen LogP contribution in [0.3, 0.4) is 0 Å². The molecule has 1 saturated heterocycles. The average molecular weight is 544 g/mol. The van der Waals surface area contributed by atoms with Crippen molar-refractivity contribution in [2.75, 3.05) is 62.5 Å². The number of piperidine rings is 1. The van der Waals surface area contributed by atoms with E-state index in [0.29, 0.717) is 47.4 Å². The highest BCUT2D eigenvalue weighted by atomic mass is 16.5. The Labute approximate surface area is 235 Å². The number of aromatic nitrogens is 2. The number of benzene rings is 2. The number of ether oxygens (including phenoxy) is 1. The molecule has 0 bridgehead atoms. The topological polar surface area (TPSA) is 103 Å². The summed E-state index contributed by atoms with van der Waals surface area (Å²) >= 11 is 0. The molecule has 40 heavy (non-hydrogen) atoms. The third-order valence-electron chi connectivity index (χ3n) is 7.66. The highest BCUT2D eigenvalue weighted by Gasteiger charge is 2.26. The predicted molar refractivity (Wildman–Crippen MR) is 157 cm³/mol. The summed E-state index contributed by atoms with van der Waals surface area (Å²) < 4.78 is 5.62. The molecule has 2 aliphatic heterocycles. The number of methoxy groups -OCH3 is 1. The Morgan fingerprint density at radius 2 is 1.85 bits per heavy atom. The Kier molecular flexibility index (Phi) is 8.45. The van der Waals surface area contributed by atoms with Gasteiger partial charge in [0.25, 0.3) is 5.91 Å². The Hall–Kier alpha value is -4.18. The Bertz CT molecular complexity index is 1340. The van der Waals surface area contributed by atoms with Crippen LogP contribution >= 0.6 is 0 Å². The summed E-state index contributed by atoms with van der Waals surface area (Å²) in [6.45, 7) is 3.25. The van der Waals surface area contributed by atoms with Gasteiger partial charge in [-0.3, -0.25) is 9.59 Å². The van der Waals surface area contributed by atoms with Crippen molar-refractivity contribution in [3.05, 3.63) is 65.9 Å². The van der Waals surface area contributed by atoms with Gasteiger partial charge in [0.2, 0.25) is 11.9 Å². The van der Waals surface area contributed by atoms with E-state index in [1.165, 1.54) is 5.56 Å². The smallest absolute Gasteiger partial charge is 0.251 e. The number of likely N-dealkylation sites (tertiary alicyclic amines) is 1.